The van der Waals surface area contributed by atoms with Crippen LogP contribution in [-0.4, -0.2) is 37.7 Å². The van der Waals surface area contributed by atoms with E-state index in [2.05, 4.69) is 10.1 Å². The molecule has 0 aromatic carbocycles. The number of nitrogens with one attached hydrogen (secondary N) is 1. The van der Waals surface area contributed by atoms with E-state index in [4.69, 9.17) is 0 Å². The molecule has 0 saturated carbocycles. The molecule has 0 radical (unpaired) electrons. The maximum Gasteiger partial charge on any atom is 0.423 e. The third-order valence-corrected chi connectivity index (χ3v) is 2.21. The van der Waals surface area contributed by atoms with E-state index in [-0.39, 0.29) is 12.5 Å². The molecule has 0 aliphatic carbocycles. The van der Waals surface area contributed by atoms with Gasteiger partial charge in [0.2, 0.25) is 6.10 Å². The normalized spacial score (nSPS) is 15.2. The van der Waals surface area contributed by atoms with E-state index < -0.39 is 25.1 Å². The summed E-state index contributed by atoms with van der Waals surface area (Å²) in [7, 11) is 0. The van der Waals surface area contributed by atoms with Crippen LogP contribution in [0.3, 0.4) is 0 Å². The van der Waals surface area contributed by atoms with Gasteiger partial charge in [0.25, 0.3) is 0 Å². The maximum atomic E-state index is 12.1. The van der Waals surface area contributed by atoms with E-state index in [1.54, 1.807) is 6.92 Å². The van der Waals surface area contributed by atoms with Crippen molar-refractivity contribution in [1.29, 1.82) is 0 Å². The van der Waals surface area contributed by atoms with Crippen molar-refractivity contribution in [2.24, 2.45) is 0 Å². The second-order valence-corrected chi connectivity index (χ2v) is 3.94. The second-order valence-electron chi connectivity index (χ2n) is 3.94. The average molecular weight is 281 g/mol. The van der Waals surface area contributed by atoms with Gasteiger partial charge in [-0.2, -0.15) is 26.3 Å². The molecule has 0 aliphatic rings. The van der Waals surface area contributed by atoms with E-state index in [0.717, 1.165) is 0 Å². The summed E-state index contributed by atoms with van der Waals surface area (Å²) < 4.78 is 76.3. The molecule has 0 saturated heterocycles. The predicted molar refractivity (Wildman–Crippen MR) is 54.2 cm³/mol. The van der Waals surface area contributed by atoms with Crippen molar-refractivity contribution in [3.05, 3.63) is 0 Å². The summed E-state index contributed by atoms with van der Waals surface area (Å²) >= 11 is 0. The lowest BCUT2D eigenvalue weighted by Gasteiger charge is -2.23. The number of rotatable bonds is 7. The van der Waals surface area contributed by atoms with Crippen molar-refractivity contribution < 1.29 is 31.1 Å². The van der Waals surface area contributed by atoms with Crippen LogP contribution in [0.2, 0.25) is 0 Å². The molecule has 0 fully saturated rings. The third-order valence-electron chi connectivity index (χ3n) is 2.21. The fourth-order valence-electron chi connectivity index (χ4n) is 1.42. The summed E-state index contributed by atoms with van der Waals surface area (Å²) in [4.78, 5) is 0. The minimum atomic E-state index is -5.43. The van der Waals surface area contributed by atoms with Gasteiger partial charge in [0.1, 0.15) is 0 Å². The Kier molecular flexibility index (Phi) is 6.98. The van der Waals surface area contributed by atoms with Gasteiger partial charge < -0.3 is 10.1 Å². The number of ether oxygens (including phenoxy) is 1. The van der Waals surface area contributed by atoms with Crippen molar-refractivity contribution >= 4 is 0 Å². The molecule has 1 N–H and O–H groups in total. The Balaban J connectivity index is 4.07. The minimum Gasteiger partial charge on any atom is -0.361 e. The average Bonchev–Trinajstić information content (AvgIpc) is 2.13. The Morgan fingerprint density at radius 3 is 1.94 bits per heavy atom. The highest BCUT2D eigenvalue weighted by Crippen LogP contribution is 2.35. The summed E-state index contributed by atoms with van der Waals surface area (Å²) in [6.45, 7) is 3.78. The first-order chi connectivity index (χ1) is 8.09. The highest BCUT2D eigenvalue weighted by molar-refractivity contribution is 4.76. The molecule has 2 nitrogen and oxygen atoms in total. The molecule has 1 atom stereocenters. The number of hydrogen-bond donors (Lipinski definition) is 1. The smallest absolute Gasteiger partial charge is 0.361 e. The Morgan fingerprint density at radius 1 is 1.06 bits per heavy atom. The van der Waals surface area contributed by atoms with Crippen molar-refractivity contribution in [2.75, 3.05) is 13.2 Å². The molecule has 0 aromatic heterocycles. The Morgan fingerprint density at radius 2 is 1.56 bits per heavy atom. The molecular weight excluding hydrogens is 264 g/mol. The zero-order valence-corrected chi connectivity index (χ0v) is 10.2. The van der Waals surface area contributed by atoms with Crippen LogP contribution in [0.15, 0.2) is 0 Å². The summed E-state index contributed by atoms with van der Waals surface area (Å²) in [5, 5.41) is 2.99. The lowest BCUT2D eigenvalue weighted by molar-refractivity contribution is -0.321. The van der Waals surface area contributed by atoms with Crippen molar-refractivity contribution in [3.8, 4) is 0 Å². The Labute approximate surface area is 102 Å². The highest BCUT2D eigenvalue weighted by atomic mass is 19.4. The van der Waals surface area contributed by atoms with Crippen molar-refractivity contribution in [2.45, 2.75) is 51.2 Å². The molecule has 0 heterocycles. The van der Waals surface area contributed by atoms with Gasteiger partial charge in [-0.1, -0.05) is 6.92 Å². The maximum absolute atomic E-state index is 12.1. The second kappa shape index (κ2) is 7.18. The Hall–Kier alpha value is -0.500. The van der Waals surface area contributed by atoms with Crippen LogP contribution < -0.4 is 5.32 Å². The fourth-order valence-corrected chi connectivity index (χ4v) is 1.42. The topological polar surface area (TPSA) is 21.3 Å². The SMILES string of the molecule is CCNC(C)CCCOC(C(F)(F)F)C(F)(F)F. The standard InChI is InChI=1S/C10H17F6NO/c1-3-17-7(2)5-4-6-18-8(9(11,12)13)10(14,15)16/h7-8,17H,3-6H2,1-2H3. The van der Waals surface area contributed by atoms with E-state index in [0.29, 0.717) is 13.0 Å². The molecule has 8 heteroatoms. The first kappa shape index (κ1) is 17.5. The van der Waals surface area contributed by atoms with Crippen molar-refractivity contribution in [3.63, 3.8) is 0 Å². The quantitative estimate of drug-likeness (QED) is 0.571. The number of alkyl halides is 6. The zero-order valence-electron chi connectivity index (χ0n) is 10.2. The van der Waals surface area contributed by atoms with Gasteiger partial charge in [0.15, 0.2) is 0 Å². The van der Waals surface area contributed by atoms with Crippen LogP contribution in [0, 0.1) is 0 Å². The van der Waals surface area contributed by atoms with Crippen molar-refractivity contribution in [1.82, 2.24) is 5.32 Å². The van der Waals surface area contributed by atoms with Crippen LogP contribution in [0.25, 0.3) is 0 Å². The van der Waals surface area contributed by atoms with Crippen LogP contribution >= 0.6 is 0 Å². The molecule has 1 unspecified atom stereocenters. The molecule has 0 rings (SSSR count). The molecule has 0 bridgehead atoms. The molecule has 0 aliphatic heterocycles. The number of halogens is 6. The predicted octanol–water partition coefficient (Wildman–Crippen LogP) is 3.27. The molecule has 0 spiro atoms. The van der Waals surface area contributed by atoms with E-state index >= 15 is 0 Å². The summed E-state index contributed by atoms with van der Waals surface area (Å²) in [6, 6.07) is 0.0359. The summed E-state index contributed by atoms with van der Waals surface area (Å²) in [5.74, 6) is 0. The minimum absolute atomic E-state index is 0.0359. The zero-order chi connectivity index (χ0) is 14.4. The molecule has 110 valence electrons. The van der Waals surface area contributed by atoms with Crippen LogP contribution in [-0.2, 0) is 4.74 Å². The first-order valence-electron chi connectivity index (χ1n) is 5.57. The Bertz CT molecular complexity index is 213. The number of hydrogen-bond acceptors (Lipinski definition) is 2. The third kappa shape index (κ3) is 7.05. The molecular formula is C10H17F6NO. The largest absolute Gasteiger partial charge is 0.423 e. The first-order valence-corrected chi connectivity index (χ1v) is 5.57. The van der Waals surface area contributed by atoms with Crippen LogP contribution in [0.4, 0.5) is 26.3 Å². The van der Waals surface area contributed by atoms with E-state index in [1.165, 1.54) is 0 Å². The van der Waals surface area contributed by atoms with Crippen LogP contribution in [0.1, 0.15) is 26.7 Å². The summed E-state index contributed by atoms with van der Waals surface area (Å²) in [5.41, 5.74) is 0. The van der Waals surface area contributed by atoms with Gasteiger partial charge in [0, 0.05) is 12.6 Å². The van der Waals surface area contributed by atoms with Gasteiger partial charge >= 0.3 is 12.4 Å². The molecule has 0 aromatic rings. The lowest BCUT2D eigenvalue weighted by atomic mass is 10.2. The molecule has 0 amide bonds. The molecule has 18 heavy (non-hydrogen) atoms. The van der Waals surface area contributed by atoms with Gasteiger partial charge in [-0.05, 0) is 26.3 Å². The highest BCUT2D eigenvalue weighted by Gasteiger charge is 2.57. The monoisotopic (exact) mass is 281 g/mol. The lowest BCUT2D eigenvalue weighted by Crippen LogP contribution is -2.44. The van der Waals surface area contributed by atoms with Crippen LogP contribution in [0.5, 0.6) is 0 Å². The van der Waals surface area contributed by atoms with Gasteiger partial charge in [-0.3, -0.25) is 0 Å². The van der Waals surface area contributed by atoms with Gasteiger partial charge in [-0.15, -0.1) is 0 Å². The van der Waals surface area contributed by atoms with E-state index in [9.17, 15) is 26.3 Å². The van der Waals surface area contributed by atoms with Gasteiger partial charge in [0.05, 0.1) is 0 Å². The fraction of sp³-hybridized carbons (Fsp3) is 1.00. The van der Waals surface area contributed by atoms with Gasteiger partial charge in [-0.25, -0.2) is 0 Å². The summed E-state index contributed by atoms with van der Waals surface area (Å²) in [6.07, 6.45) is -14.0. The van der Waals surface area contributed by atoms with E-state index in [1.807, 2.05) is 6.92 Å².